The molecule has 112 valence electrons. The first-order valence-electron chi connectivity index (χ1n) is 6.59. The highest BCUT2D eigenvalue weighted by Crippen LogP contribution is 2.17. The minimum atomic E-state index is -0.890. The van der Waals surface area contributed by atoms with Crippen molar-refractivity contribution >= 4 is 11.6 Å². The summed E-state index contributed by atoms with van der Waals surface area (Å²) in [4.78, 5) is 13.9. The molecule has 20 heavy (non-hydrogen) atoms. The summed E-state index contributed by atoms with van der Waals surface area (Å²) in [5, 5.41) is 2.56. The number of nitrogen functional groups attached to an aromatic ring is 1. The van der Waals surface area contributed by atoms with E-state index in [1.807, 2.05) is 7.05 Å². The molecule has 0 bridgehead atoms. The van der Waals surface area contributed by atoms with E-state index >= 15 is 0 Å². The summed E-state index contributed by atoms with van der Waals surface area (Å²) in [6, 6.07) is 2.09. The fraction of sp³-hybridized carbons (Fsp3) is 0.500. The fourth-order valence-corrected chi connectivity index (χ4v) is 1.75. The number of likely N-dealkylation sites (N-methyl/N-ethyl adjacent to an activating group) is 1. The second-order valence-corrected chi connectivity index (χ2v) is 4.85. The molecule has 0 saturated heterocycles. The van der Waals surface area contributed by atoms with Crippen molar-refractivity contribution < 1.29 is 13.6 Å². The maximum Gasteiger partial charge on any atom is 0.254 e. The molecule has 0 aliphatic heterocycles. The molecule has 1 aromatic rings. The van der Waals surface area contributed by atoms with Crippen LogP contribution < -0.4 is 11.1 Å². The Labute approximate surface area is 117 Å². The topological polar surface area (TPSA) is 58.4 Å². The zero-order valence-corrected chi connectivity index (χ0v) is 12.0. The average Bonchev–Trinajstić information content (AvgIpc) is 2.41. The zero-order valence-electron chi connectivity index (χ0n) is 12.0. The molecule has 3 N–H and O–H groups in total. The predicted octanol–water partition coefficient (Wildman–Crippen LogP) is 2.01. The van der Waals surface area contributed by atoms with Crippen LogP contribution >= 0.6 is 0 Å². The third-order valence-electron chi connectivity index (χ3n) is 3.40. The van der Waals surface area contributed by atoms with Gasteiger partial charge in [0.05, 0.1) is 11.3 Å². The smallest absolute Gasteiger partial charge is 0.254 e. The van der Waals surface area contributed by atoms with Crippen molar-refractivity contribution in [2.45, 2.75) is 26.3 Å². The van der Waals surface area contributed by atoms with Crippen LogP contribution in [0, 0.1) is 11.6 Å². The zero-order chi connectivity index (χ0) is 15.3. The van der Waals surface area contributed by atoms with Crippen molar-refractivity contribution in [2.75, 3.05) is 25.9 Å². The highest BCUT2D eigenvalue weighted by atomic mass is 19.1. The van der Waals surface area contributed by atoms with Crippen LogP contribution in [-0.4, -0.2) is 37.0 Å². The summed E-state index contributed by atoms with van der Waals surface area (Å²) >= 11 is 0. The van der Waals surface area contributed by atoms with E-state index in [4.69, 9.17) is 5.73 Å². The monoisotopic (exact) mass is 285 g/mol. The number of benzene rings is 1. The Morgan fingerprint density at radius 3 is 2.70 bits per heavy atom. The molecular weight excluding hydrogens is 264 g/mol. The molecule has 0 saturated carbocycles. The lowest BCUT2D eigenvalue weighted by molar-refractivity contribution is 0.0943. The number of carbonyl (C=O) groups is 1. The van der Waals surface area contributed by atoms with Crippen LogP contribution in [0.3, 0.4) is 0 Å². The van der Waals surface area contributed by atoms with Crippen LogP contribution in [0.25, 0.3) is 0 Å². The molecule has 4 nitrogen and oxygen atoms in total. The van der Waals surface area contributed by atoms with Crippen molar-refractivity contribution in [1.82, 2.24) is 10.2 Å². The summed E-state index contributed by atoms with van der Waals surface area (Å²) in [6.45, 7) is 5.14. The van der Waals surface area contributed by atoms with Crippen LogP contribution in [0.1, 0.15) is 30.6 Å². The minimum Gasteiger partial charge on any atom is -0.396 e. The molecule has 1 atom stereocenters. The first kappa shape index (κ1) is 16.4. The predicted molar refractivity (Wildman–Crippen MR) is 75.5 cm³/mol. The number of anilines is 1. The molecule has 0 fully saturated rings. The van der Waals surface area contributed by atoms with Crippen molar-refractivity contribution in [3.8, 4) is 0 Å². The lowest BCUT2D eigenvalue weighted by Crippen LogP contribution is -2.37. The van der Waals surface area contributed by atoms with Crippen molar-refractivity contribution in [1.29, 1.82) is 0 Å². The van der Waals surface area contributed by atoms with Gasteiger partial charge in [-0.3, -0.25) is 4.79 Å². The number of hydrogen-bond acceptors (Lipinski definition) is 3. The standard InChI is InChI=1S/C14H21F2N3O/c1-4-9(2)19(3)6-5-18-14(20)11-7-10(15)8-12(17)13(11)16/h7-9H,4-6,17H2,1-3H3,(H,18,20). The van der Waals surface area contributed by atoms with Gasteiger partial charge in [0.1, 0.15) is 5.82 Å². The van der Waals surface area contributed by atoms with E-state index in [-0.39, 0.29) is 11.3 Å². The second kappa shape index (κ2) is 7.19. The maximum absolute atomic E-state index is 13.6. The maximum atomic E-state index is 13.6. The van der Waals surface area contributed by atoms with Gasteiger partial charge in [-0.15, -0.1) is 0 Å². The molecule has 0 heterocycles. The Morgan fingerprint density at radius 1 is 1.45 bits per heavy atom. The van der Waals surface area contributed by atoms with Crippen LogP contribution in [-0.2, 0) is 0 Å². The van der Waals surface area contributed by atoms with E-state index in [2.05, 4.69) is 24.1 Å². The second-order valence-electron chi connectivity index (χ2n) is 4.85. The summed E-state index contributed by atoms with van der Waals surface area (Å²) in [7, 11) is 1.95. The number of rotatable bonds is 6. The Hall–Kier alpha value is -1.69. The van der Waals surface area contributed by atoms with Crippen LogP contribution in [0.4, 0.5) is 14.5 Å². The Balaban J connectivity index is 2.60. The van der Waals surface area contributed by atoms with Gasteiger partial charge in [-0.2, -0.15) is 0 Å². The lowest BCUT2D eigenvalue weighted by atomic mass is 10.1. The minimum absolute atomic E-state index is 0.357. The fourth-order valence-electron chi connectivity index (χ4n) is 1.75. The van der Waals surface area contributed by atoms with Gasteiger partial charge in [-0.1, -0.05) is 6.92 Å². The van der Waals surface area contributed by atoms with Gasteiger partial charge in [-0.25, -0.2) is 8.78 Å². The molecule has 1 rings (SSSR count). The molecule has 1 amide bonds. The molecule has 1 aromatic carbocycles. The van der Waals surface area contributed by atoms with Gasteiger partial charge in [0.25, 0.3) is 5.91 Å². The summed E-state index contributed by atoms with van der Waals surface area (Å²) in [6.07, 6.45) is 1.000. The Morgan fingerprint density at radius 2 is 2.10 bits per heavy atom. The summed E-state index contributed by atoms with van der Waals surface area (Å²) in [5.41, 5.74) is 4.56. The Bertz CT molecular complexity index is 480. The summed E-state index contributed by atoms with van der Waals surface area (Å²) < 4.78 is 26.8. The lowest BCUT2D eigenvalue weighted by Gasteiger charge is -2.23. The van der Waals surface area contributed by atoms with Crippen molar-refractivity contribution in [3.05, 3.63) is 29.3 Å². The number of nitrogens with one attached hydrogen (secondary N) is 1. The molecule has 6 heteroatoms. The van der Waals surface area contributed by atoms with Crippen molar-refractivity contribution in [3.63, 3.8) is 0 Å². The van der Waals surface area contributed by atoms with Gasteiger partial charge in [0.2, 0.25) is 0 Å². The van der Waals surface area contributed by atoms with Gasteiger partial charge in [0.15, 0.2) is 5.82 Å². The van der Waals surface area contributed by atoms with E-state index in [1.54, 1.807) is 0 Å². The van der Waals surface area contributed by atoms with Crippen LogP contribution in [0.2, 0.25) is 0 Å². The average molecular weight is 285 g/mol. The SMILES string of the molecule is CCC(C)N(C)CCNC(=O)c1cc(F)cc(N)c1F. The van der Waals surface area contributed by atoms with Crippen LogP contribution in [0.15, 0.2) is 12.1 Å². The molecule has 1 unspecified atom stereocenters. The highest BCUT2D eigenvalue weighted by molar-refractivity contribution is 5.95. The number of halogens is 2. The summed E-state index contributed by atoms with van der Waals surface area (Å²) in [5.74, 6) is -2.28. The largest absolute Gasteiger partial charge is 0.396 e. The number of amides is 1. The third-order valence-corrected chi connectivity index (χ3v) is 3.40. The third kappa shape index (κ3) is 4.16. The van der Waals surface area contributed by atoms with Gasteiger partial charge in [-0.05, 0) is 32.5 Å². The Kier molecular flexibility index (Phi) is 5.88. The van der Waals surface area contributed by atoms with E-state index in [0.717, 1.165) is 18.6 Å². The van der Waals surface area contributed by atoms with Gasteiger partial charge >= 0.3 is 0 Å². The van der Waals surface area contributed by atoms with Gasteiger partial charge < -0.3 is 16.0 Å². The van der Waals surface area contributed by atoms with E-state index < -0.39 is 17.5 Å². The molecule has 0 aromatic heterocycles. The molecule has 0 radical (unpaired) electrons. The number of hydrogen-bond donors (Lipinski definition) is 2. The highest BCUT2D eigenvalue weighted by Gasteiger charge is 2.16. The van der Waals surface area contributed by atoms with E-state index in [1.165, 1.54) is 0 Å². The van der Waals surface area contributed by atoms with E-state index in [9.17, 15) is 13.6 Å². The van der Waals surface area contributed by atoms with Crippen LogP contribution in [0.5, 0.6) is 0 Å². The van der Waals surface area contributed by atoms with Crippen molar-refractivity contribution in [2.24, 2.45) is 0 Å². The first-order valence-corrected chi connectivity index (χ1v) is 6.59. The molecular formula is C14H21F2N3O. The number of nitrogens with zero attached hydrogens (tertiary/aromatic N) is 1. The first-order chi connectivity index (χ1) is 9.36. The molecule has 0 aliphatic carbocycles. The normalized spacial score (nSPS) is 12.5. The molecule has 0 spiro atoms. The van der Waals surface area contributed by atoms with Gasteiger partial charge in [0, 0.05) is 19.1 Å². The quantitative estimate of drug-likeness (QED) is 0.786. The van der Waals surface area contributed by atoms with E-state index in [0.29, 0.717) is 19.1 Å². The molecule has 0 aliphatic rings. The number of carbonyl (C=O) groups excluding carboxylic acids is 1. The number of nitrogens with two attached hydrogens (primary N) is 1.